The normalized spacial score (nSPS) is 31.4. The molecular weight excluding hydrogens is 198 g/mol. The van der Waals surface area contributed by atoms with E-state index in [0.29, 0.717) is 17.0 Å². The lowest BCUT2D eigenvalue weighted by molar-refractivity contribution is -0.119. The third-order valence-electron chi connectivity index (χ3n) is 2.32. The fourth-order valence-electron chi connectivity index (χ4n) is 1.80. The van der Waals surface area contributed by atoms with E-state index < -0.39 is 11.9 Å². The van der Waals surface area contributed by atoms with E-state index in [2.05, 4.69) is 18.7 Å². The first kappa shape index (κ1) is 11.8. The van der Waals surface area contributed by atoms with E-state index in [1.165, 1.54) is 0 Å². The van der Waals surface area contributed by atoms with Gasteiger partial charge in [-0.1, -0.05) is 13.8 Å². The second-order valence-corrected chi connectivity index (χ2v) is 5.87. The van der Waals surface area contributed by atoms with Crippen molar-refractivity contribution in [3.05, 3.63) is 0 Å². The quantitative estimate of drug-likeness (QED) is 0.676. The fraction of sp³-hybridized carbons (Fsp3) is 0.889. The van der Waals surface area contributed by atoms with Gasteiger partial charge in [0.15, 0.2) is 0 Å². The summed E-state index contributed by atoms with van der Waals surface area (Å²) in [5, 5.41) is 1.22. The Hall–Kier alpha value is -0.260. The van der Waals surface area contributed by atoms with Crippen molar-refractivity contribution >= 4 is 17.7 Å². The summed E-state index contributed by atoms with van der Waals surface area (Å²) in [4.78, 5) is 13.0. The van der Waals surface area contributed by atoms with Gasteiger partial charge in [0.25, 0.3) is 0 Å². The van der Waals surface area contributed by atoms with Crippen LogP contribution in [-0.4, -0.2) is 47.0 Å². The lowest BCUT2D eigenvalue weighted by Crippen LogP contribution is -2.50. The maximum absolute atomic E-state index is 10.8. The van der Waals surface area contributed by atoms with Gasteiger partial charge in [-0.3, -0.25) is 9.69 Å². The highest BCUT2D eigenvalue weighted by atomic mass is 32.2. The molecule has 1 aliphatic rings. The molecule has 0 aromatic rings. The summed E-state index contributed by atoms with van der Waals surface area (Å²) >= 11 is 1.98. The second kappa shape index (κ2) is 5.00. The first-order chi connectivity index (χ1) is 6.49. The molecule has 1 aliphatic heterocycles. The molecular formula is C9H19N3OS. The minimum atomic E-state index is -0.530. The molecule has 1 amide bonds. The highest BCUT2D eigenvalue weighted by Crippen LogP contribution is 2.24. The monoisotopic (exact) mass is 217 g/mol. The van der Waals surface area contributed by atoms with Gasteiger partial charge in [0.2, 0.25) is 5.91 Å². The van der Waals surface area contributed by atoms with Gasteiger partial charge in [-0.15, -0.1) is 0 Å². The molecule has 82 valence electrons. The third kappa shape index (κ3) is 3.48. The molecule has 0 saturated carbocycles. The SMILES string of the molecule is CC1CN(CC(N)C(N)=O)CC(C)S1. The molecule has 0 aromatic heterocycles. The molecule has 1 fully saturated rings. The van der Waals surface area contributed by atoms with E-state index in [1.807, 2.05) is 11.8 Å². The molecule has 0 aliphatic carbocycles. The number of amides is 1. The van der Waals surface area contributed by atoms with Crippen molar-refractivity contribution in [1.82, 2.24) is 4.90 Å². The predicted octanol–water partition coefficient (Wildman–Crippen LogP) is -0.375. The first-order valence-electron chi connectivity index (χ1n) is 4.91. The van der Waals surface area contributed by atoms with E-state index >= 15 is 0 Å². The Balaban J connectivity index is 2.40. The maximum Gasteiger partial charge on any atom is 0.235 e. The lowest BCUT2D eigenvalue weighted by Gasteiger charge is -2.35. The van der Waals surface area contributed by atoms with Crippen LogP contribution in [0.1, 0.15) is 13.8 Å². The molecule has 0 aromatic carbocycles. The Morgan fingerprint density at radius 2 is 2.00 bits per heavy atom. The van der Waals surface area contributed by atoms with Crippen LogP contribution in [0.2, 0.25) is 0 Å². The van der Waals surface area contributed by atoms with Crippen LogP contribution in [0, 0.1) is 0 Å². The van der Waals surface area contributed by atoms with Crippen LogP contribution in [0.3, 0.4) is 0 Å². The van der Waals surface area contributed by atoms with Crippen LogP contribution in [0.15, 0.2) is 0 Å². The van der Waals surface area contributed by atoms with E-state index in [-0.39, 0.29) is 0 Å². The van der Waals surface area contributed by atoms with Crippen LogP contribution in [0.5, 0.6) is 0 Å². The van der Waals surface area contributed by atoms with Crippen molar-refractivity contribution in [3.63, 3.8) is 0 Å². The van der Waals surface area contributed by atoms with E-state index in [4.69, 9.17) is 11.5 Å². The highest BCUT2D eigenvalue weighted by molar-refractivity contribution is 8.00. The Morgan fingerprint density at radius 3 is 2.43 bits per heavy atom. The number of carbonyl (C=O) groups excluding carboxylic acids is 1. The number of primary amides is 1. The van der Waals surface area contributed by atoms with Gasteiger partial charge in [-0.2, -0.15) is 11.8 Å². The molecule has 0 radical (unpaired) electrons. The summed E-state index contributed by atoms with van der Waals surface area (Å²) in [5.41, 5.74) is 10.7. The van der Waals surface area contributed by atoms with Crippen molar-refractivity contribution in [2.45, 2.75) is 30.4 Å². The number of nitrogens with two attached hydrogens (primary N) is 2. The number of hydrogen-bond acceptors (Lipinski definition) is 4. The summed E-state index contributed by atoms with van der Waals surface area (Å²) in [6.45, 7) is 6.97. The van der Waals surface area contributed by atoms with Gasteiger partial charge in [0.05, 0.1) is 6.04 Å². The molecule has 3 unspecified atom stereocenters. The lowest BCUT2D eigenvalue weighted by atomic mass is 10.2. The molecule has 0 bridgehead atoms. The molecule has 4 N–H and O–H groups in total. The standard InChI is InChI=1S/C9H19N3OS/c1-6-3-12(4-7(2)14-6)5-8(10)9(11)13/h6-8H,3-5,10H2,1-2H3,(H2,11,13). The summed E-state index contributed by atoms with van der Waals surface area (Å²) in [7, 11) is 0. The Kier molecular flexibility index (Phi) is 4.22. The van der Waals surface area contributed by atoms with Gasteiger partial charge in [-0.05, 0) is 0 Å². The van der Waals surface area contributed by atoms with Crippen LogP contribution in [-0.2, 0) is 4.79 Å². The summed E-state index contributed by atoms with van der Waals surface area (Å²) in [6, 6.07) is -0.530. The zero-order valence-electron chi connectivity index (χ0n) is 8.77. The highest BCUT2D eigenvalue weighted by Gasteiger charge is 2.24. The summed E-state index contributed by atoms with van der Waals surface area (Å²) < 4.78 is 0. The van der Waals surface area contributed by atoms with Gasteiger partial charge in [0, 0.05) is 30.1 Å². The van der Waals surface area contributed by atoms with Crippen molar-refractivity contribution in [1.29, 1.82) is 0 Å². The third-order valence-corrected chi connectivity index (χ3v) is 3.54. The smallest absolute Gasteiger partial charge is 0.235 e. The number of carbonyl (C=O) groups is 1. The zero-order valence-corrected chi connectivity index (χ0v) is 9.59. The number of hydrogen-bond donors (Lipinski definition) is 2. The topological polar surface area (TPSA) is 72.3 Å². The predicted molar refractivity (Wildman–Crippen MR) is 60.1 cm³/mol. The molecule has 1 heterocycles. The molecule has 4 nitrogen and oxygen atoms in total. The van der Waals surface area contributed by atoms with E-state index in [0.717, 1.165) is 13.1 Å². The Morgan fingerprint density at radius 1 is 1.50 bits per heavy atom. The van der Waals surface area contributed by atoms with Crippen LogP contribution >= 0.6 is 11.8 Å². The first-order valence-corrected chi connectivity index (χ1v) is 5.86. The van der Waals surface area contributed by atoms with Gasteiger partial charge >= 0.3 is 0 Å². The van der Waals surface area contributed by atoms with Crippen molar-refractivity contribution in [2.24, 2.45) is 11.5 Å². The molecule has 0 spiro atoms. The summed E-state index contributed by atoms with van der Waals surface area (Å²) in [5.74, 6) is -0.413. The molecule has 1 saturated heterocycles. The van der Waals surface area contributed by atoms with Crippen LogP contribution < -0.4 is 11.5 Å². The molecule has 1 rings (SSSR count). The maximum atomic E-state index is 10.8. The molecule has 14 heavy (non-hydrogen) atoms. The molecule has 5 heteroatoms. The number of nitrogens with zero attached hydrogens (tertiary/aromatic N) is 1. The minimum absolute atomic E-state index is 0.413. The van der Waals surface area contributed by atoms with Crippen molar-refractivity contribution in [3.8, 4) is 0 Å². The van der Waals surface area contributed by atoms with Crippen molar-refractivity contribution in [2.75, 3.05) is 19.6 Å². The second-order valence-electron chi connectivity index (χ2n) is 3.98. The Bertz CT molecular complexity index is 202. The fourth-order valence-corrected chi connectivity index (χ4v) is 3.19. The average molecular weight is 217 g/mol. The zero-order chi connectivity index (χ0) is 10.7. The number of thioether (sulfide) groups is 1. The largest absolute Gasteiger partial charge is 0.368 e. The average Bonchev–Trinajstić information content (AvgIpc) is 2.01. The Labute approximate surface area is 89.4 Å². The van der Waals surface area contributed by atoms with E-state index in [1.54, 1.807) is 0 Å². The van der Waals surface area contributed by atoms with Gasteiger partial charge in [0.1, 0.15) is 0 Å². The van der Waals surface area contributed by atoms with E-state index in [9.17, 15) is 4.79 Å². The minimum Gasteiger partial charge on any atom is -0.368 e. The van der Waals surface area contributed by atoms with Gasteiger partial charge < -0.3 is 11.5 Å². The van der Waals surface area contributed by atoms with Crippen LogP contribution in [0.4, 0.5) is 0 Å². The number of rotatable bonds is 3. The van der Waals surface area contributed by atoms with Gasteiger partial charge in [-0.25, -0.2) is 0 Å². The molecule has 3 atom stereocenters. The van der Waals surface area contributed by atoms with Crippen LogP contribution in [0.25, 0.3) is 0 Å². The summed E-state index contributed by atoms with van der Waals surface area (Å²) in [6.07, 6.45) is 0. The van der Waals surface area contributed by atoms with Crippen molar-refractivity contribution < 1.29 is 4.79 Å².